The Balaban J connectivity index is 2.30. The van der Waals surface area contributed by atoms with E-state index < -0.39 is 4.83 Å². The van der Waals surface area contributed by atoms with E-state index in [9.17, 15) is 8.78 Å². The lowest BCUT2D eigenvalue weighted by Gasteiger charge is -2.33. The Morgan fingerprint density at radius 2 is 1.86 bits per heavy atom. The molecule has 0 amide bonds. The summed E-state index contributed by atoms with van der Waals surface area (Å²) in [6.07, 6.45) is 1.90. The Bertz CT molecular complexity index is 176. The van der Waals surface area contributed by atoms with Crippen molar-refractivity contribution in [1.29, 1.82) is 0 Å². The molecule has 1 aliphatic heterocycles. The summed E-state index contributed by atoms with van der Waals surface area (Å²) in [7, 11) is 0. The lowest BCUT2D eigenvalue weighted by atomic mass is 10.00. The summed E-state index contributed by atoms with van der Waals surface area (Å²) >= 11 is 2.31. The smallest absolute Gasteiger partial charge is 0.313 e. The van der Waals surface area contributed by atoms with Crippen molar-refractivity contribution in [1.82, 2.24) is 5.32 Å². The van der Waals surface area contributed by atoms with Crippen molar-refractivity contribution in [2.45, 2.75) is 49.8 Å². The van der Waals surface area contributed by atoms with Gasteiger partial charge in [-0.15, -0.1) is 0 Å². The Labute approximate surface area is 91.5 Å². The van der Waals surface area contributed by atoms with Crippen LogP contribution in [-0.4, -0.2) is 29.6 Å². The zero-order chi connectivity index (χ0) is 10.8. The van der Waals surface area contributed by atoms with Crippen LogP contribution in [0.1, 0.15) is 26.7 Å². The highest BCUT2D eigenvalue weighted by Crippen LogP contribution is 2.23. The van der Waals surface area contributed by atoms with Gasteiger partial charge in [-0.2, -0.15) is 8.78 Å². The van der Waals surface area contributed by atoms with Crippen LogP contribution in [0.3, 0.4) is 0 Å². The molecule has 2 nitrogen and oxygen atoms in total. The third-order valence-electron chi connectivity index (χ3n) is 2.29. The Kier molecular flexibility index (Phi) is 4.28. The number of alkyl halides is 3. The molecule has 1 heterocycles. The highest BCUT2D eigenvalue weighted by Gasteiger charge is 2.28. The molecule has 14 heavy (non-hydrogen) atoms. The minimum absolute atomic E-state index is 0.136. The van der Waals surface area contributed by atoms with Gasteiger partial charge >= 0.3 is 4.83 Å². The quantitative estimate of drug-likeness (QED) is 0.797. The summed E-state index contributed by atoms with van der Waals surface area (Å²) in [6.45, 7) is 3.62. The summed E-state index contributed by atoms with van der Waals surface area (Å²) in [4.78, 5) is -2.81. The van der Waals surface area contributed by atoms with Gasteiger partial charge in [0.25, 0.3) is 0 Å². The van der Waals surface area contributed by atoms with Crippen molar-refractivity contribution >= 4 is 15.9 Å². The molecule has 0 aromatic rings. The first-order valence-corrected chi connectivity index (χ1v) is 5.61. The van der Waals surface area contributed by atoms with Gasteiger partial charge in [0, 0.05) is 6.04 Å². The van der Waals surface area contributed by atoms with Gasteiger partial charge in [0.2, 0.25) is 0 Å². The van der Waals surface area contributed by atoms with Crippen molar-refractivity contribution in [2.75, 3.05) is 6.54 Å². The van der Waals surface area contributed by atoms with E-state index in [0.717, 1.165) is 12.8 Å². The van der Waals surface area contributed by atoms with E-state index in [1.807, 2.05) is 13.8 Å². The van der Waals surface area contributed by atoms with E-state index in [1.165, 1.54) is 0 Å². The molecule has 1 fully saturated rings. The van der Waals surface area contributed by atoms with E-state index in [0.29, 0.717) is 0 Å². The van der Waals surface area contributed by atoms with Crippen LogP contribution in [-0.2, 0) is 4.74 Å². The van der Waals surface area contributed by atoms with Gasteiger partial charge < -0.3 is 10.1 Å². The molecular formula is C9H16BrF2NO. The van der Waals surface area contributed by atoms with Crippen molar-refractivity contribution < 1.29 is 13.5 Å². The second kappa shape index (κ2) is 4.86. The van der Waals surface area contributed by atoms with Crippen molar-refractivity contribution in [2.24, 2.45) is 0 Å². The molecule has 0 aromatic heterocycles. The van der Waals surface area contributed by atoms with Crippen molar-refractivity contribution in [3.8, 4) is 0 Å². The number of hydrogen-bond donors (Lipinski definition) is 1. The van der Waals surface area contributed by atoms with Gasteiger partial charge in [0.15, 0.2) is 0 Å². The van der Waals surface area contributed by atoms with Gasteiger partial charge in [-0.05, 0) is 42.6 Å². The molecule has 0 saturated carbocycles. The average Bonchev–Trinajstić information content (AvgIpc) is 1.97. The molecule has 2 atom stereocenters. The summed E-state index contributed by atoms with van der Waals surface area (Å²) < 4.78 is 30.5. The highest BCUT2D eigenvalue weighted by molar-refractivity contribution is 9.10. The van der Waals surface area contributed by atoms with Crippen LogP contribution in [0, 0.1) is 0 Å². The minimum Gasteiger partial charge on any atom is -0.375 e. The van der Waals surface area contributed by atoms with Gasteiger partial charge in [-0.3, -0.25) is 0 Å². The SMILES string of the molecule is CC1CC(NCC(F)(F)Br)CC(C)O1. The van der Waals surface area contributed by atoms with Gasteiger partial charge in [-0.1, -0.05) is 0 Å². The molecule has 0 radical (unpaired) electrons. The first-order chi connectivity index (χ1) is 6.37. The molecule has 1 N–H and O–H groups in total. The normalized spacial score (nSPS) is 34.5. The highest BCUT2D eigenvalue weighted by atomic mass is 79.9. The maximum absolute atomic E-state index is 12.5. The zero-order valence-corrected chi connectivity index (χ0v) is 9.98. The lowest BCUT2D eigenvalue weighted by Crippen LogP contribution is -2.44. The summed E-state index contributed by atoms with van der Waals surface area (Å²) in [5.41, 5.74) is 0. The third kappa shape index (κ3) is 4.66. The third-order valence-corrected chi connectivity index (χ3v) is 2.57. The van der Waals surface area contributed by atoms with Crippen LogP contribution in [0.15, 0.2) is 0 Å². The number of halogens is 3. The van der Waals surface area contributed by atoms with Gasteiger partial charge in [0.05, 0.1) is 18.8 Å². The standard InChI is InChI=1S/C9H16BrF2NO/c1-6-3-8(4-7(2)14-6)13-5-9(10,11)12/h6-8,13H,3-5H2,1-2H3. The molecule has 1 aliphatic rings. The van der Waals surface area contributed by atoms with Crippen LogP contribution in [0.25, 0.3) is 0 Å². The van der Waals surface area contributed by atoms with E-state index in [2.05, 4.69) is 21.2 Å². The van der Waals surface area contributed by atoms with Gasteiger partial charge in [-0.25, -0.2) is 0 Å². The van der Waals surface area contributed by atoms with Crippen LogP contribution >= 0.6 is 15.9 Å². The average molecular weight is 272 g/mol. The first kappa shape index (κ1) is 12.3. The van der Waals surface area contributed by atoms with Crippen LogP contribution in [0.4, 0.5) is 8.78 Å². The molecule has 1 rings (SSSR count). The largest absolute Gasteiger partial charge is 0.375 e. The molecule has 2 unspecified atom stereocenters. The monoisotopic (exact) mass is 271 g/mol. The predicted molar refractivity (Wildman–Crippen MR) is 54.9 cm³/mol. The minimum atomic E-state index is -2.81. The van der Waals surface area contributed by atoms with Crippen LogP contribution < -0.4 is 5.32 Å². The number of hydrogen-bond acceptors (Lipinski definition) is 2. The van der Waals surface area contributed by atoms with Crippen LogP contribution in [0.5, 0.6) is 0 Å². The number of rotatable bonds is 3. The fourth-order valence-electron chi connectivity index (χ4n) is 1.83. The summed E-state index contributed by atoms with van der Waals surface area (Å²) in [5, 5.41) is 2.85. The molecule has 0 aromatic carbocycles. The zero-order valence-electron chi connectivity index (χ0n) is 8.40. The number of nitrogens with one attached hydrogen (secondary N) is 1. The fraction of sp³-hybridized carbons (Fsp3) is 1.00. The summed E-state index contributed by atoms with van der Waals surface area (Å²) in [6, 6.07) is 0.136. The van der Waals surface area contributed by atoms with E-state index in [4.69, 9.17) is 4.74 Å². The topological polar surface area (TPSA) is 21.3 Å². The lowest BCUT2D eigenvalue weighted by molar-refractivity contribution is -0.0444. The molecule has 0 bridgehead atoms. The maximum atomic E-state index is 12.5. The van der Waals surface area contributed by atoms with Crippen molar-refractivity contribution in [3.63, 3.8) is 0 Å². The van der Waals surface area contributed by atoms with Crippen LogP contribution in [0.2, 0.25) is 0 Å². The van der Waals surface area contributed by atoms with E-state index >= 15 is 0 Å². The van der Waals surface area contributed by atoms with E-state index in [-0.39, 0.29) is 24.8 Å². The Morgan fingerprint density at radius 1 is 1.36 bits per heavy atom. The molecule has 0 aliphatic carbocycles. The second-order valence-electron chi connectivity index (χ2n) is 3.92. The predicted octanol–water partition coefficient (Wildman–Crippen LogP) is 2.52. The first-order valence-electron chi connectivity index (χ1n) is 4.82. The van der Waals surface area contributed by atoms with E-state index in [1.54, 1.807) is 0 Å². The molecule has 5 heteroatoms. The molecule has 1 saturated heterocycles. The van der Waals surface area contributed by atoms with Gasteiger partial charge in [0.1, 0.15) is 0 Å². The Morgan fingerprint density at radius 3 is 2.29 bits per heavy atom. The molecule has 0 spiro atoms. The van der Waals surface area contributed by atoms with Crippen molar-refractivity contribution in [3.05, 3.63) is 0 Å². The molecule has 84 valence electrons. The molecular weight excluding hydrogens is 256 g/mol. The fourth-order valence-corrected chi connectivity index (χ4v) is 1.99. The Hall–Kier alpha value is 0.260. The summed E-state index contributed by atoms with van der Waals surface area (Å²) in [5.74, 6) is 0. The second-order valence-corrected chi connectivity index (χ2v) is 5.08. The number of ether oxygens (including phenoxy) is 1. The maximum Gasteiger partial charge on any atom is 0.313 e.